The van der Waals surface area contributed by atoms with E-state index in [1.165, 1.54) is 16.2 Å². The summed E-state index contributed by atoms with van der Waals surface area (Å²) in [5.74, 6) is 0.633. The number of aromatic nitrogens is 1. The van der Waals surface area contributed by atoms with Crippen LogP contribution < -0.4 is 5.32 Å². The molecule has 3 aromatic rings. The molecule has 0 aliphatic heterocycles. The number of thiophene rings is 1. The van der Waals surface area contributed by atoms with Gasteiger partial charge in [-0.05, 0) is 36.6 Å². The molecule has 8 heteroatoms. The average Bonchev–Trinajstić information content (AvgIpc) is 3.26. The lowest BCUT2D eigenvalue weighted by Gasteiger charge is -2.12. The highest BCUT2D eigenvalue weighted by Crippen LogP contribution is 2.27. The van der Waals surface area contributed by atoms with Gasteiger partial charge in [-0.2, -0.15) is 0 Å². The summed E-state index contributed by atoms with van der Waals surface area (Å²) >= 11 is 7.68. The summed E-state index contributed by atoms with van der Waals surface area (Å²) in [5, 5.41) is 5.04. The zero-order valence-electron chi connectivity index (χ0n) is 15.1. The van der Waals surface area contributed by atoms with Crippen LogP contribution in [-0.4, -0.2) is 35.8 Å². The van der Waals surface area contributed by atoms with Gasteiger partial charge in [0.15, 0.2) is 0 Å². The lowest BCUT2D eigenvalue weighted by atomic mass is 10.1. The van der Waals surface area contributed by atoms with Crippen molar-refractivity contribution in [2.24, 2.45) is 0 Å². The second kappa shape index (κ2) is 7.94. The van der Waals surface area contributed by atoms with Crippen LogP contribution in [0.4, 0.5) is 5.69 Å². The number of nitrogens with zero attached hydrogens (tertiary/aromatic N) is 2. The number of carbonyl (C=O) groups is 2. The highest BCUT2D eigenvalue weighted by atomic mass is 35.5. The summed E-state index contributed by atoms with van der Waals surface area (Å²) in [6.45, 7) is 1.77. The third kappa shape index (κ3) is 4.37. The molecule has 0 unspecified atom stereocenters. The Hall–Kier alpha value is -2.64. The molecule has 140 valence electrons. The van der Waals surface area contributed by atoms with E-state index in [9.17, 15) is 9.59 Å². The third-order valence-corrected chi connectivity index (χ3v) is 5.03. The molecule has 3 rings (SSSR count). The fourth-order valence-corrected chi connectivity index (χ4v) is 3.27. The van der Waals surface area contributed by atoms with Crippen LogP contribution >= 0.6 is 22.9 Å². The van der Waals surface area contributed by atoms with Crippen molar-refractivity contribution in [3.8, 4) is 10.8 Å². The molecular weight excluding hydrogens is 386 g/mol. The summed E-state index contributed by atoms with van der Waals surface area (Å²) in [7, 11) is 3.32. The van der Waals surface area contributed by atoms with Gasteiger partial charge in [0, 0.05) is 19.7 Å². The summed E-state index contributed by atoms with van der Waals surface area (Å²) in [6.07, 6.45) is 0.0445. The normalized spacial score (nSPS) is 10.7. The number of carbonyl (C=O) groups excluding carboxylic acids is 2. The molecule has 2 aromatic heterocycles. The number of amides is 2. The van der Waals surface area contributed by atoms with Crippen molar-refractivity contribution in [1.82, 2.24) is 9.88 Å². The molecule has 0 aliphatic carbocycles. The monoisotopic (exact) mass is 403 g/mol. The Morgan fingerprint density at radius 2 is 2.07 bits per heavy atom. The number of halogens is 1. The van der Waals surface area contributed by atoms with Gasteiger partial charge >= 0.3 is 0 Å². The van der Waals surface area contributed by atoms with E-state index in [4.69, 9.17) is 16.0 Å². The van der Waals surface area contributed by atoms with Crippen molar-refractivity contribution in [2.75, 3.05) is 19.4 Å². The van der Waals surface area contributed by atoms with Gasteiger partial charge in [-0.15, -0.1) is 11.3 Å². The smallest absolute Gasteiger partial charge is 0.253 e. The van der Waals surface area contributed by atoms with Crippen LogP contribution in [0.25, 0.3) is 10.8 Å². The van der Waals surface area contributed by atoms with Gasteiger partial charge in [-0.3, -0.25) is 9.59 Å². The maximum absolute atomic E-state index is 12.5. The average molecular weight is 404 g/mol. The van der Waals surface area contributed by atoms with E-state index in [0.29, 0.717) is 33.6 Å². The summed E-state index contributed by atoms with van der Waals surface area (Å²) in [5.41, 5.74) is 1.39. The van der Waals surface area contributed by atoms with Gasteiger partial charge in [-0.1, -0.05) is 17.7 Å². The van der Waals surface area contributed by atoms with Gasteiger partial charge in [-0.25, -0.2) is 4.98 Å². The standard InChI is InChI=1S/C19H18ClN3O3S/c1-11-14(22-18(26-11)16-5-4-8-27-16)10-17(24)21-15-9-12(6-7-13(15)20)19(25)23(2)3/h4-9H,10H2,1-3H3,(H,21,24). The molecule has 0 radical (unpaired) electrons. The lowest BCUT2D eigenvalue weighted by Crippen LogP contribution is -2.22. The van der Waals surface area contributed by atoms with Gasteiger partial charge < -0.3 is 14.6 Å². The zero-order chi connectivity index (χ0) is 19.6. The molecule has 0 bridgehead atoms. The molecule has 0 atom stereocenters. The lowest BCUT2D eigenvalue weighted by molar-refractivity contribution is -0.115. The minimum Gasteiger partial charge on any atom is -0.440 e. The van der Waals surface area contributed by atoms with Crippen molar-refractivity contribution in [1.29, 1.82) is 0 Å². The number of nitrogens with one attached hydrogen (secondary N) is 1. The van der Waals surface area contributed by atoms with Crippen molar-refractivity contribution in [3.63, 3.8) is 0 Å². The molecule has 0 spiro atoms. The molecule has 1 aromatic carbocycles. The van der Waals surface area contributed by atoms with Crippen LogP contribution in [0.5, 0.6) is 0 Å². The van der Waals surface area contributed by atoms with Crippen LogP contribution in [0.2, 0.25) is 5.02 Å². The maximum atomic E-state index is 12.5. The Morgan fingerprint density at radius 1 is 1.30 bits per heavy atom. The van der Waals surface area contributed by atoms with Crippen molar-refractivity contribution >= 4 is 40.4 Å². The highest BCUT2D eigenvalue weighted by Gasteiger charge is 2.17. The molecular formula is C19H18ClN3O3S. The summed E-state index contributed by atoms with van der Waals surface area (Å²) < 4.78 is 5.65. The van der Waals surface area contributed by atoms with Gasteiger partial charge in [0.05, 0.1) is 27.7 Å². The Kier molecular flexibility index (Phi) is 5.62. The number of anilines is 1. The van der Waals surface area contributed by atoms with Crippen molar-refractivity contribution in [3.05, 3.63) is 57.8 Å². The van der Waals surface area contributed by atoms with E-state index in [1.54, 1.807) is 39.2 Å². The number of oxazole rings is 1. The van der Waals surface area contributed by atoms with Gasteiger partial charge in [0.2, 0.25) is 11.8 Å². The van der Waals surface area contributed by atoms with Crippen LogP contribution in [-0.2, 0) is 11.2 Å². The number of benzene rings is 1. The second-order valence-corrected chi connectivity index (χ2v) is 7.47. The second-order valence-electron chi connectivity index (χ2n) is 6.12. The van der Waals surface area contributed by atoms with E-state index < -0.39 is 0 Å². The molecule has 2 amide bonds. The summed E-state index contributed by atoms with van der Waals surface area (Å²) in [6, 6.07) is 8.59. The Labute approximate surface area is 165 Å². The first-order valence-corrected chi connectivity index (χ1v) is 9.42. The Balaban J connectivity index is 1.75. The topological polar surface area (TPSA) is 75.4 Å². The molecule has 0 fully saturated rings. The Morgan fingerprint density at radius 3 is 2.74 bits per heavy atom. The molecule has 27 heavy (non-hydrogen) atoms. The van der Waals surface area contributed by atoms with Gasteiger partial charge in [0.25, 0.3) is 5.91 Å². The van der Waals surface area contributed by atoms with E-state index in [1.807, 2.05) is 17.5 Å². The fraction of sp³-hybridized carbons (Fsp3) is 0.211. The first-order valence-electron chi connectivity index (χ1n) is 8.16. The number of hydrogen-bond donors (Lipinski definition) is 1. The van der Waals surface area contributed by atoms with Crippen LogP contribution in [0, 0.1) is 6.92 Å². The van der Waals surface area contributed by atoms with Crippen LogP contribution in [0.15, 0.2) is 40.1 Å². The first-order chi connectivity index (χ1) is 12.8. The zero-order valence-corrected chi connectivity index (χ0v) is 16.6. The summed E-state index contributed by atoms with van der Waals surface area (Å²) in [4.78, 5) is 31.3. The molecule has 0 saturated heterocycles. The minimum atomic E-state index is -0.291. The number of hydrogen-bond acceptors (Lipinski definition) is 5. The maximum Gasteiger partial charge on any atom is 0.253 e. The first kappa shape index (κ1) is 19.1. The highest BCUT2D eigenvalue weighted by molar-refractivity contribution is 7.13. The fourth-order valence-electron chi connectivity index (χ4n) is 2.46. The van der Waals surface area contributed by atoms with Crippen LogP contribution in [0.3, 0.4) is 0 Å². The number of aryl methyl sites for hydroxylation is 1. The SMILES string of the molecule is Cc1oc(-c2cccs2)nc1CC(=O)Nc1cc(C(=O)N(C)C)ccc1Cl. The molecule has 6 nitrogen and oxygen atoms in total. The van der Waals surface area contributed by atoms with Gasteiger partial charge in [0.1, 0.15) is 5.76 Å². The Bertz CT molecular complexity index is 980. The molecule has 0 aliphatic rings. The predicted octanol–water partition coefficient (Wildman–Crippen LogP) is 4.25. The molecule has 2 heterocycles. The van der Waals surface area contributed by atoms with E-state index in [2.05, 4.69) is 10.3 Å². The van der Waals surface area contributed by atoms with Crippen LogP contribution in [0.1, 0.15) is 21.8 Å². The molecule has 1 N–H and O–H groups in total. The largest absolute Gasteiger partial charge is 0.440 e. The van der Waals surface area contributed by atoms with E-state index >= 15 is 0 Å². The molecule has 0 saturated carbocycles. The van der Waals surface area contributed by atoms with Crippen molar-refractivity contribution < 1.29 is 14.0 Å². The quantitative estimate of drug-likeness (QED) is 0.691. The third-order valence-electron chi connectivity index (χ3n) is 3.85. The minimum absolute atomic E-state index is 0.0445. The van der Waals surface area contributed by atoms with Crippen molar-refractivity contribution in [2.45, 2.75) is 13.3 Å². The number of rotatable bonds is 5. The van der Waals surface area contributed by atoms with E-state index in [-0.39, 0.29) is 18.2 Å². The predicted molar refractivity (Wildman–Crippen MR) is 106 cm³/mol. The van der Waals surface area contributed by atoms with E-state index in [0.717, 1.165) is 4.88 Å².